The average Bonchev–Trinajstić information content (AvgIpc) is 2.44. The minimum atomic E-state index is 0.650. The SMILES string of the molecule is CC1=CN=CC=CN1c1ccncc1N. The van der Waals surface area contributed by atoms with E-state index in [1.165, 1.54) is 0 Å². The van der Waals surface area contributed by atoms with E-state index in [1.54, 1.807) is 24.8 Å². The summed E-state index contributed by atoms with van der Waals surface area (Å²) >= 11 is 0. The van der Waals surface area contributed by atoms with Crippen molar-refractivity contribution in [3.05, 3.63) is 42.6 Å². The lowest BCUT2D eigenvalue weighted by atomic mass is 10.3. The van der Waals surface area contributed by atoms with Crippen LogP contribution in [0, 0.1) is 0 Å². The summed E-state index contributed by atoms with van der Waals surface area (Å²) in [6.45, 7) is 1.98. The van der Waals surface area contributed by atoms with Crippen molar-refractivity contribution in [2.24, 2.45) is 4.99 Å². The van der Waals surface area contributed by atoms with Gasteiger partial charge in [0.15, 0.2) is 0 Å². The molecular weight excluding hydrogens is 188 g/mol. The lowest BCUT2D eigenvalue weighted by molar-refractivity contribution is 1.13. The lowest BCUT2D eigenvalue weighted by Gasteiger charge is -2.21. The topological polar surface area (TPSA) is 54.5 Å². The van der Waals surface area contributed by atoms with Crippen molar-refractivity contribution >= 4 is 17.6 Å². The van der Waals surface area contributed by atoms with Gasteiger partial charge < -0.3 is 10.6 Å². The first kappa shape index (κ1) is 9.45. The zero-order chi connectivity index (χ0) is 10.7. The molecule has 0 atom stereocenters. The molecule has 2 heterocycles. The summed E-state index contributed by atoms with van der Waals surface area (Å²) in [4.78, 5) is 10.0. The summed E-state index contributed by atoms with van der Waals surface area (Å²) in [5, 5.41) is 0. The summed E-state index contributed by atoms with van der Waals surface area (Å²) in [7, 11) is 0. The van der Waals surface area contributed by atoms with Gasteiger partial charge in [-0.15, -0.1) is 0 Å². The predicted molar refractivity (Wildman–Crippen MR) is 62.5 cm³/mol. The number of allylic oxidation sites excluding steroid dienone is 2. The molecule has 1 aromatic heterocycles. The molecule has 0 bridgehead atoms. The summed E-state index contributed by atoms with van der Waals surface area (Å²) < 4.78 is 0. The van der Waals surface area contributed by atoms with Gasteiger partial charge in [0.25, 0.3) is 0 Å². The van der Waals surface area contributed by atoms with Crippen LogP contribution >= 0.6 is 0 Å². The van der Waals surface area contributed by atoms with Crippen LogP contribution in [0.15, 0.2) is 47.6 Å². The van der Waals surface area contributed by atoms with Gasteiger partial charge in [-0.25, -0.2) is 0 Å². The standard InChI is InChI=1S/C11H12N4/c1-9-7-13-4-2-6-15(9)11-3-5-14-8-10(11)12/h2-8H,12H2,1H3. The highest BCUT2D eigenvalue weighted by Crippen LogP contribution is 2.25. The number of anilines is 2. The van der Waals surface area contributed by atoms with Crippen LogP contribution in [0.25, 0.3) is 0 Å². The molecule has 0 unspecified atom stereocenters. The van der Waals surface area contributed by atoms with Gasteiger partial charge in [0.05, 0.1) is 17.6 Å². The van der Waals surface area contributed by atoms with Crippen molar-refractivity contribution in [1.29, 1.82) is 0 Å². The quantitative estimate of drug-likeness (QED) is 0.753. The highest BCUT2D eigenvalue weighted by molar-refractivity contribution is 5.77. The molecule has 76 valence electrons. The molecule has 0 aromatic carbocycles. The molecule has 1 aliphatic rings. The first-order valence-electron chi connectivity index (χ1n) is 4.64. The molecular formula is C11H12N4. The second-order valence-electron chi connectivity index (χ2n) is 3.21. The fourth-order valence-corrected chi connectivity index (χ4v) is 1.39. The number of hydrogen-bond acceptors (Lipinski definition) is 4. The number of nitrogens with zero attached hydrogens (tertiary/aromatic N) is 3. The fourth-order valence-electron chi connectivity index (χ4n) is 1.39. The van der Waals surface area contributed by atoms with Gasteiger partial charge in [-0.05, 0) is 19.1 Å². The molecule has 0 aliphatic carbocycles. The van der Waals surface area contributed by atoms with Crippen LogP contribution in [0.2, 0.25) is 0 Å². The molecule has 1 aliphatic heterocycles. The Morgan fingerprint density at radius 3 is 3.07 bits per heavy atom. The van der Waals surface area contributed by atoms with Gasteiger partial charge in [0, 0.05) is 30.5 Å². The summed E-state index contributed by atoms with van der Waals surface area (Å²) in [6.07, 6.45) is 10.7. The van der Waals surface area contributed by atoms with Crippen molar-refractivity contribution in [1.82, 2.24) is 4.98 Å². The Kier molecular flexibility index (Phi) is 2.49. The Morgan fingerprint density at radius 2 is 2.27 bits per heavy atom. The molecule has 0 spiro atoms. The molecule has 0 fully saturated rings. The Labute approximate surface area is 88.5 Å². The largest absolute Gasteiger partial charge is 0.396 e. The van der Waals surface area contributed by atoms with Crippen LogP contribution in [-0.4, -0.2) is 11.2 Å². The third kappa shape index (κ3) is 1.88. The zero-order valence-corrected chi connectivity index (χ0v) is 8.46. The van der Waals surface area contributed by atoms with Crippen molar-refractivity contribution < 1.29 is 0 Å². The highest BCUT2D eigenvalue weighted by Gasteiger charge is 2.09. The van der Waals surface area contributed by atoms with Crippen LogP contribution in [0.3, 0.4) is 0 Å². The monoisotopic (exact) mass is 200 g/mol. The van der Waals surface area contributed by atoms with E-state index in [9.17, 15) is 0 Å². The molecule has 4 heteroatoms. The zero-order valence-electron chi connectivity index (χ0n) is 8.46. The Balaban J connectivity index is 2.43. The van der Waals surface area contributed by atoms with Crippen LogP contribution in [0.5, 0.6) is 0 Å². The maximum atomic E-state index is 5.86. The third-order valence-electron chi connectivity index (χ3n) is 2.14. The highest BCUT2D eigenvalue weighted by atomic mass is 15.1. The fraction of sp³-hybridized carbons (Fsp3) is 0.0909. The number of rotatable bonds is 1. The van der Waals surface area contributed by atoms with Gasteiger partial charge in [0.1, 0.15) is 0 Å². The molecule has 2 rings (SSSR count). The predicted octanol–water partition coefficient (Wildman–Crippen LogP) is 1.93. The van der Waals surface area contributed by atoms with Crippen LogP contribution in [0.4, 0.5) is 11.4 Å². The van der Waals surface area contributed by atoms with E-state index in [4.69, 9.17) is 5.73 Å². The number of nitrogens with two attached hydrogens (primary N) is 1. The number of pyridine rings is 1. The van der Waals surface area contributed by atoms with E-state index in [-0.39, 0.29) is 0 Å². The molecule has 0 saturated heterocycles. The molecule has 0 saturated carbocycles. The molecule has 15 heavy (non-hydrogen) atoms. The normalized spacial score (nSPS) is 15.0. The van der Waals surface area contributed by atoms with E-state index in [2.05, 4.69) is 9.98 Å². The van der Waals surface area contributed by atoms with Crippen LogP contribution in [0.1, 0.15) is 6.92 Å². The number of nitrogen functional groups attached to an aromatic ring is 1. The van der Waals surface area contributed by atoms with Gasteiger partial charge in [-0.1, -0.05) is 0 Å². The number of aliphatic imine (C=N–C) groups is 1. The second kappa shape index (κ2) is 3.96. The molecule has 0 amide bonds. The van der Waals surface area contributed by atoms with Gasteiger partial charge in [-0.3, -0.25) is 9.98 Å². The minimum absolute atomic E-state index is 0.650. The van der Waals surface area contributed by atoms with Crippen molar-refractivity contribution in [2.75, 3.05) is 10.6 Å². The number of hydrogen-bond donors (Lipinski definition) is 1. The first-order valence-corrected chi connectivity index (χ1v) is 4.64. The van der Waals surface area contributed by atoms with Gasteiger partial charge >= 0.3 is 0 Å². The Morgan fingerprint density at radius 1 is 1.40 bits per heavy atom. The van der Waals surface area contributed by atoms with Gasteiger partial charge in [0.2, 0.25) is 0 Å². The number of aromatic nitrogens is 1. The van der Waals surface area contributed by atoms with E-state index in [0.717, 1.165) is 11.4 Å². The Bertz CT molecular complexity index is 446. The molecule has 1 aromatic rings. The van der Waals surface area contributed by atoms with Crippen molar-refractivity contribution in [3.8, 4) is 0 Å². The third-order valence-corrected chi connectivity index (χ3v) is 2.14. The second-order valence-corrected chi connectivity index (χ2v) is 3.21. The van der Waals surface area contributed by atoms with Crippen LogP contribution < -0.4 is 10.6 Å². The van der Waals surface area contributed by atoms with Crippen molar-refractivity contribution in [3.63, 3.8) is 0 Å². The van der Waals surface area contributed by atoms with E-state index in [0.29, 0.717) is 5.69 Å². The first-order chi connectivity index (χ1) is 7.29. The van der Waals surface area contributed by atoms with E-state index < -0.39 is 0 Å². The summed E-state index contributed by atoms with van der Waals surface area (Å²) in [6, 6.07) is 1.88. The van der Waals surface area contributed by atoms with Crippen molar-refractivity contribution in [2.45, 2.75) is 6.92 Å². The maximum Gasteiger partial charge on any atom is 0.0745 e. The van der Waals surface area contributed by atoms with E-state index >= 15 is 0 Å². The lowest BCUT2D eigenvalue weighted by Crippen LogP contribution is -2.14. The summed E-state index contributed by atoms with van der Waals surface area (Å²) in [5.74, 6) is 0. The average molecular weight is 200 g/mol. The van der Waals surface area contributed by atoms with Crippen LogP contribution in [-0.2, 0) is 0 Å². The smallest absolute Gasteiger partial charge is 0.0745 e. The minimum Gasteiger partial charge on any atom is -0.396 e. The molecule has 2 N–H and O–H groups in total. The molecule has 4 nitrogen and oxygen atoms in total. The molecule has 0 radical (unpaired) electrons. The van der Waals surface area contributed by atoms with E-state index in [1.807, 2.05) is 30.2 Å². The Hall–Kier alpha value is -2.10. The summed E-state index contributed by atoms with van der Waals surface area (Å²) in [5.41, 5.74) is 8.44. The maximum absolute atomic E-state index is 5.86. The van der Waals surface area contributed by atoms with Gasteiger partial charge in [-0.2, -0.15) is 0 Å².